The molecule has 0 bridgehead atoms. The van der Waals surface area contributed by atoms with E-state index in [2.05, 4.69) is 9.55 Å². The van der Waals surface area contributed by atoms with Crippen molar-refractivity contribution in [2.24, 2.45) is 0 Å². The van der Waals surface area contributed by atoms with E-state index in [9.17, 15) is 4.79 Å². The first-order chi connectivity index (χ1) is 11.2. The van der Waals surface area contributed by atoms with Crippen LogP contribution in [0, 0.1) is 13.8 Å². The third kappa shape index (κ3) is 3.53. The van der Waals surface area contributed by atoms with Gasteiger partial charge < -0.3 is 9.47 Å². The van der Waals surface area contributed by atoms with Crippen molar-refractivity contribution in [1.82, 2.24) is 9.55 Å². The van der Waals surface area contributed by atoms with Gasteiger partial charge >= 0.3 is 0 Å². The monoisotopic (exact) mass is 312 g/mol. The number of hydrogen-bond donors (Lipinski definition) is 1. The summed E-state index contributed by atoms with van der Waals surface area (Å²) in [5.41, 5.74) is 2.62. The Bertz CT molecular complexity index is 715. The molecule has 1 aliphatic heterocycles. The summed E-state index contributed by atoms with van der Waals surface area (Å²) in [6, 6.07) is 9.88. The molecule has 1 fully saturated rings. The minimum Gasteiger partial charge on any atom is -0.333 e. The molecule has 1 aliphatic rings. The molecule has 1 saturated heterocycles. The van der Waals surface area contributed by atoms with Crippen molar-refractivity contribution in [3.8, 4) is 11.1 Å². The third-order valence-electron chi connectivity index (χ3n) is 4.95. The molecule has 2 aromatic rings. The molecule has 0 atom stereocenters. The van der Waals surface area contributed by atoms with E-state index in [0.29, 0.717) is 0 Å². The highest BCUT2D eigenvalue weighted by molar-refractivity contribution is 5.64. The zero-order chi connectivity index (χ0) is 16.2. The second kappa shape index (κ2) is 7.09. The molecule has 1 N–H and O–H groups in total. The van der Waals surface area contributed by atoms with E-state index in [1.165, 1.54) is 32.4 Å². The summed E-state index contributed by atoms with van der Waals surface area (Å²) in [4.78, 5) is 18.3. The van der Waals surface area contributed by atoms with E-state index < -0.39 is 0 Å². The molecule has 0 spiro atoms. The van der Waals surface area contributed by atoms with E-state index >= 15 is 0 Å². The molecule has 23 heavy (non-hydrogen) atoms. The topological polar surface area (TPSA) is 39.3 Å². The lowest BCUT2D eigenvalue weighted by atomic mass is 10.1. The fourth-order valence-electron chi connectivity index (χ4n) is 3.63. The Hall–Kier alpha value is -1.94. The van der Waals surface area contributed by atoms with E-state index in [1.54, 1.807) is 4.90 Å². The molecule has 0 amide bonds. The number of aryl methyl sites for hydroxylation is 1. The van der Waals surface area contributed by atoms with Crippen molar-refractivity contribution in [3.05, 3.63) is 52.2 Å². The summed E-state index contributed by atoms with van der Waals surface area (Å²) in [7, 11) is 0. The summed E-state index contributed by atoms with van der Waals surface area (Å²) < 4.78 is 2.21. The normalized spacial score (nSPS) is 15.7. The summed E-state index contributed by atoms with van der Waals surface area (Å²) in [5.74, 6) is 0.823. The van der Waals surface area contributed by atoms with Gasteiger partial charge in [0.2, 0.25) is 0 Å². The van der Waals surface area contributed by atoms with Crippen LogP contribution in [-0.2, 0) is 6.54 Å². The molecule has 122 valence electrons. The summed E-state index contributed by atoms with van der Waals surface area (Å²) in [6.07, 6.45) is 4.05. The maximum absolute atomic E-state index is 12.4. The lowest BCUT2D eigenvalue weighted by molar-refractivity contribution is -0.905. The van der Waals surface area contributed by atoms with E-state index in [-0.39, 0.29) is 5.56 Å². The predicted octanol–water partition coefficient (Wildman–Crippen LogP) is 1.60. The fraction of sp³-hybridized carbons (Fsp3) is 0.474. The van der Waals surface area contributed by atoms with Crippen molar-refractivity contribution in [3.63, 3.8) is 0 Å². The van der Waals surface area contributed by atoms with Gasteiger partial charge in [-0.15, -0.1) is 0 Å². The van der Waals surface area contributed by atoms with Gasteiger partial charge in [0, 0.05) is 5.69 Å². The first kappa shape index (κ1) is 15.9. The summed E-state index contributed by atoms with van der Waals surface area (Å²) in [5, 5.41) is 0. The van der Waals surface area contributed by atoms with Gasteiger partial charge in [-0.05, 0) is 38.7 Å². The largest absolute Gasteiger partial charge is 0.333 e. The van der Waals surface area contributed by atoms with Gasteiger partial charge in [-0.1, -0.05) is 30.3 Å². The molecular formula is C19H26N3O+. The SMILES string of the molecule is Cc1nc(=O)c(-c2ccccc2)c(C)n1CC[NH+]1CCCCC1. The minimum absolute atomic E-state index is 0.118. The zero-order valence-electron chi connectivity index (χ0n) is 14.1. The fourth-order valence-corrected chi connectivity index (χ4v) is 3.63. The third-order valence-corrected chi connectivity index (χ3v) is 4.95. The van der Waals surface area contributed by atoms with Gasteiger partial charge in [0.15, 0.2) is 0 Å². The second-order valence-corrected chi connectivity index (χ2v) is 6.50. The van der Waals surface area contributed by atoms with Crippen molar-refractivity contribution >= 4 is 0 Å². The van der Waals surface area contributed by atoms with Crippen LogP contribution in [0.3, 0.4) is 0 Å². The average Bonchev–Trinajstić information content (AvgIpc) is 2.56. The van der Waals surface area contributed by atoms with Gasteiger partial charge in [-0.3, -0.25) is 4.79 Å². The maximum atomic E-state index is 12.4. The molecule has 4 nitrogen and oxygen atoms in total. The number of aromatic nitrogens is 2. The van der Waals surface area contributed by atoms with Gasteiger partial charge in [0.25, 0.3) is 5.56 Å². The van der Waals surface area contributed by atoms with Crippen molar-refractivity contribution in [2.75, 3.05) is 19.6 Å². The Balaban J connectivity index is 1.89. The highest BCUT2D eigenvalue weighted by Crippen LogP contribution is 2.19. The van der Waals surface area contributed by atoms with Gasteiger partial charge in [0.05, 0.1) is 31.7 Å². The Morgan fingerprint density at radius 3 is 2.48 bits per heavy atom. The van der Waals surface area contributed by atoms with Crippen LogP contribution in [0.2, 0.25) is 0 Å². The quantitative estimate of drug-likeness (QED) is 0.931. The van der Waals surface area contributed by atoms with Crippen LogP contribution in [0.1, 0.15) is 30.8 Å². The number of quaternary nitrogens is 1. The first-order valence-electron chi connectivity index (χ1n) is 8.64. The van der Waals surface area contributed by atoms with Gasteiger partial charge in [-0.2, -0.15) is 4.98 Å². The van der Waals surface area contributed by atoms with Crippen LogP contribution in [0.15, 0.2) is 35.1 Å². The van der Waals surface area contributed by atoms with E-state index in [1.807, 2.05) is 44.2 Å². The van der Waals surface area contributed by atoms with E-state index in [0.717, 1.165) is 35.7 Å². The molecule has 4 heteroatoms. The maximum Gasteiger partial charge on any atom is 0.281 e. The first-order valence-corrected chi connectivity index (χ1v) is 8.64. The van der Waals surface area contributed by atoms with Crippen molar-refractivity contribution < 1.29 is 4.90 Å². The van der Waals surface area contributed by atoms with Gasteiger partial charge in [0.1, 0.15) is 5.82 Å². The molecule has 0 unspecified atom stereocenters. The highest BCUT2D eigenvalue weighted by Gasteiger charge is 2.17. The number of rotatable bonds is 4. The second-order valence-electron chi connectivity index (χ2n) is 6.50. The summed E-state index contributed by atoms with van der Waals surface area (Å²) >= 11 is 0. The minimum atomic E-state index is -0.118. The highest BCUT2D eigenvalue weighted by atomic mass is 16.1. The zero-order valence-corrected chi connectivity index (χ0v) is 14.1. The Labute approximate surface area is 137 Å². The average molecular weight is 312 g/mol. The molecule has 2 heterocycles. The number of benzene rings is 1. The number of hydrogen-bond acceptors (Lipinski definition) is 2. The Kier molecular flexibility index (Phi) is 4.91. The van der Waals surface area contributed by atoms with Gasteiger partial charge in [-0.25, -0.2) is 0 Å². The molecular weight excluding hydrogens is 286 g/mol. The lowest BCUT2D eigenvalue weighted by Crippen LogP contribution is -3.13. The number of piperidine rings is 1. The lowest BCUT2D eigenvalue weighted by Gasteiger charge is -2.25. The Morgan fingerprint density at radius 1 is 1.09 bits per heavy atom. The van der Waals surface area contributed by atoms with Crippen LogP contribution < -0.4 is 10.5 Å². The number of nitrogens with one attached hydrogen (secondary N) is 1. The van der Waals surface area contributed by atoms with Crippen LogP contribution in [0.25, 0.3) is 11.1 Å². The van der Waals surface area contributed by atoms with Crippen molar-refractivity contribution in [2.45, 2.75) is 39.7 Å². The van der Waals surface area contributed by atoms with Crippen LogP contribution >= 0.6 is 0 Å². The molecule has 0 radical (unpaired) electrons. The molecule has 3 rings (SSSR count). The standard InChI is InChI=1S/C19H25N3O/c1-15-18(17-9-5-3-6-10-17)19(23)20-16(2)22(15)14-13-21-11-7-4-8-12-21/h3,5-6,9-10H,4,7-8,11-14H2,1-2H3/p+1. The number of likely N-dealkylation sites (tertiary alicyclic amines) is 1. The smallest absolute Gasteiger partial charge is 0.281 e. The molecule has 1 aromatic carbocycles. The van der Waals surface area contributed by atoms with Crippen LogP contribution in [0.4, 0.5) is 0 Å². The predicted molar refractivity (Wildman–Crippen MR) is 92.8 cm³/mol. The molecule has 1 aromatic heterocycles. The van der Waals surface area contributed by atoms with Crippen LogP contribution in [-0.4, -0.2) is 29.2 Å². The van der Waals surface area contributed by atoms with E-state index in [4.69, 9.17) is 0 Å². The summed E-state index contributed by atoms with van der Waals surface area (Å²) in [6.45, 7) is 8.58. The molecule has 0 aliphatic carbocycles. The van der Waals surface area contributed by atoms with Crippen molar-refractivity contribution in [1.29, 1.82) is 0 Å². The molecule has 0 saturated carbocycles. The Morgan fingerprint density at radius 2 is 1.78 bits per heavy atom. The number of nitrogens with zero attached hydrogens (tertiary/aromatic N) is 2. The van der Waals surface area contributed by atoms with Crippen LogP contribution in [0.5, 0.6) is 0 Å².